The van der Waals surface area contributed by atoms with Crippen molar-refractivity contribution < 1.29 is 9.13 Å². The molecule has 92 valence electrons. The van der Waals surface area contributed by atoms with Gasteiger partial charge < -0.3 is 10.5 Å². The molecule has 0 radical (unpaired) electrons. The lowest BCUT2D eigenvalue weighted by molar-refractivity contribution is 0.306. The highest BCUT2D eigenvalue weighted by molar-refractivity contribution is 5.94. The van der Waals surface area contributed by atoms with Gasteiger partial charge in [0.15, 0.2) is 0 Å². The van der Waals surface area contributed by atoms with Crippen LogP contribution in [0.2, 0.25) is 0 Å². The predicted octanol–water partition coefficient (Wildman–Crippen LogP) is 2.69. The third-order valence-electron chi connectivity index (χ3n) is 2.48. The number of hydrogen-bond acceptors (Lipinski definition) is 2. The molecule has 0 fully saturated rings. The van der Waals surface area contributed by atoms with Crippen molar-refractivity contribution in [3.63, 3.8) is 0 Å². The summed E-state index contributed by atoms with van der Waals surface area (Å²) in [6.45, 7) is 0.375. The fourth-order valence-corrected chi connectivity index (χ4v) is 1.48. The zero-order chi connectivity index (χ0) is 13.0. The van der Waals surface area contributed by atoms with Crippen molar-refractivity contribution in [3.05, 3.63) is 65.5 Å². The van der Waals surface area contributed by atoms with E-state index in [2.05, 4.69) is 0 Å². The number of nitrogen functional groups attached to an aromatic ring is 1. The Morgan fingerprint density at radius 1 is 1.06 bits per heavy atom. The van der Waals surface area contributed by atoms with Crippen molar-refractivity contribution in [2.24, 2.45) is 5.73 Å². The quantitative estimate of drug-likeness (QED) is 0.641. The summed E-state index contributed by atoms with van der Waals surface area (Å²) in [5.41, 5.74) is 6.90. The van der Waals surface area contributed by atoms with Crippen LogP contribution in [0.1, 0.15) is 11.1 Å². The van der Waals surface area contributed by atoms with Gasteiger partial charge in [0, 0.05) is 5.56 Å². The smallest absolute Gasteiger partial charge is 0.123 e. The zero-order valence-corrected chi connectivity index (χ0v) is 9.69. The SMILES string of the molecule is N=C(N)c1ccc(OCc2ccc(F)cc2)cc1. The van der Waals surface area contributed by atoms with Gasteiger partial charge in [-0.05, 0) is 42.0 Å². The normalized spacial score (nSPS) is 10.1. The maximum absolute atomic E-state index is 12.7. The summed E-state index contributed by atoms with van der Waals surface area (Å²) in [5.74, 6) is 0.453. The zero-order valence-electron chi connectivity index (χ0n) is 9.69. The molecule has 0 saturated carbocycles. The third-order valence-corrected chi connectivity index (χ3v) is 2.48. The topological polar surface area (TPSA) is 59.1 Å². The first kappa shape index (κ1) is 12.1. The fraction of sp³-hybridized carbons (Fsp3) is 0.0714. The minimum atomic E-state index is -0.260. The standard InChI is InChI=1S/C14H13FN2O/c15-12-5-1-10(2-6-12)9-18-13-7-3-11(4-8-13)14(16)17/h1-8H,9H2,(H3,16,17). The van der Waals surface area contributed by atoms with Crippen LogP contribution in [-0.2, 0) is 6.61 Å². The van der Waals surface area contributed by atoms with E-state index in [0.717, 1.165) is 5.56 Å². The number of rotatable bonds is 4. The molecule has 0 saturated heterocycles. The second-order valence-electron chi connectivity index (χ2n) is 3.85. The second kappa shape index (κ2) is 5.31. The third kappa shape index (κ3) is 3.07. The Kier molecular flexibility index (Phi) is 3.57. The van der Waals surface area contributed by atoms with Gasteiger partial charge in [-0.2, -0.15) is 0 Å². The Bertz CT molecular complexity index is 535. The van der Waals surface area contributed by atoms with Crippen molar-refractivity contribution >= 4 is 5.84 Å². The number of nitrogens with one attached hydrogen (secondary N) is 1. The molecule has 0 aliphatic rings. The summed E-state index contributed by atoms with van der Waals surface area (Å²) in [6, 6.07) is 13.1. The molecule has 0 amide bonds. The molecule has 2 aromatic carbocycles. The molecule has 0 unspecified atom stereocenters. The van der Waals surface area contributed by atoms with Crippen LogP contribution in [0.3, 0.4) is 0 Å². The molecule has 2 aromatic rings. The molecule has 0 heterocycles. The van der Waals surface area contributed by atoms with E-state index < -0.39 is 0 Å². The van der Waals surface area contributed by atoms with E-state index in [1.807, 2.05) is 0 Å². The molecule has 18 heavy (non-hydrogen) atoms. The van der Waals surface area contributed by atoms with Gasteiger partial charge >= 0.3 is 0 Å². The van der Waals surface area contributed by atoms with Crippen LogP contribution in [0.15, 0.2) is 48.5 Å². The predicted molar refractivity (Wildman–Crippen MR) is 68.2 cm³/mol. The van der Waals surface area contributed by atoms with Crippen molar-refractivity contribution in [2.75, 3.05) is 0 Å². The Labute approximate surface area is 105 Å². The Morgan fingerprint density at radius 2 is 1.67 bits per heavy atom. The Hall–Kier alpha value is -2.36. The first-order valence-electron chi connectivity index (χ1n) is 5.47. The summed E-state index contributed by atoms with van der Waals surface area (Å²) in [6.07, 6.45) is 0. The van der Waals surface area contributed by atoms with E-state index in [4.69, 9.17) is 15.9 Å². The molecule has 0 aliphatic heterocycles. The van der Waals surface area contributed by atoms with Gasteiger partial charge in [0.1, 0.15) is 24.0 Å². The first-order chi connectivity index (χ1) is 8.65. The summed E-state index contributed by atoms with van der Waals surface area (Å²) < 4.78 is 18.2. The highest BCUT2D eigenvalue weighted by Crippen LogP contribution is 2.14. The summed E-state index contributed by atoms with van der Waals surface area (Å²) in [5, 5.41) is 7.26. The summed E-state index contributed by atoms with van der Waals surface area (Å²) in [4.78, 5) is 0. The monoisotopic (exact) mass is 244 g/mol. The lowest BCUT2D eigenvalue weighted by Crippen LogP contribution is -2.10. The van der Waals surface area contributed by atoms with Crippen molar-refractivity contribution in [1.82, 2.24) is 0 Å². The first-order valence-corrected chi connectivity index (χ1v) is 5.47. The van der Waals surface area contributed by atoms with Gasteiger partial charge in [0.25, 0.3) is 0 Å². The highest BCUT2D eigenvalue weighted by Gasteiger charge is 1.99. The van der Waals surface area contributed by atoms with Gasteiger partial charge in [0.2, 0.25) is 0 Å². The van der Waals surface area contributed by atoms with Crippen LogP contribution in [0.5, 0.6) is 5.75 Å². The molecule has 2 rings (SSSR count). The van der Waals surface area contributed by atoms with E-state index in [0.29, 0.717) is 17.9 Å². The molecule has 0 aliphatic carbocycles. The largest absolute Gasteiger partial charge is 0.489 e. The molecule has 3 N–H and O–H groups in total. The van der Waals surface area contributed by atoms with E-state index >= 15 is 0 Å². The van der Waals surface area contributed by atoms with E-state index in [9.17, 15) is 4.39 Å². The lowest BCUT2D eigenvalue weighted by atomic mass is 10.2. The van der Waals surface area contributed by atoms with Gasteiger partial charge in [-0.3, -0.25) is 5.41 Å². The molecule has 0 atom stereocenters. The van der Waals surface area contributed by atoms with Crippen LogP contribution in [0.4, 0.5) is 4.39 Å². The second-order valence-corrected chi connectivity index (χ2v) is 3.85. The number of nitrogens with two attached hydrogens (primary N) is 1. The molecule has 0 spiro atoms. The molecule has 3 nitrogen and oxygen atoms in total. The average Bonchev–Trinajstić information content (AvgIpc) is 2.38. The number of ether oxygens (including phenoxy) is 1. The van der Waals surface area contributed by atoms with Gasteiger partial charge in [-0.25, -0.2) is 4.39 Å². The van der Waals surface area contributed by atoms with Crippen molar-refractivity contribution in [3.8, 4) is 5.75 Å². The minimum absolute atomic E-state index is 0.0279. The fourth-order valence-electron chi connectivity index (χ4n) is 1.48. The van der Waals surface area contributed by atoms with Gasteiger partial charge in [-0.1, -0.05) is 12.1 Å². The molecular weight excluding hydrogens is 231 g/mol. The number of hydrogen-bond donors (Lipinski definition) is 2. The van der Waals surface area contributed by atoms with Crippen LogP contribution >= 0.6 is 0 Å². The maximum atomic E-state index is 12.7. The molecule has 0 bridgehead atoms. The van der Waals surface area contributed by atoms with E-state index in [-0.39, 0.29) is 11.7 Å². The van der Waals surface area contributed by atoms with Crippen LogP contribution < -0.4 is 10.5 Å². The van der Waals surface area contributed by atoms with Gasteiger partial charge in [-0.15, -0.1) is 0 Å². The van der Waals surface area contributed by atoms with E-state index in [1.54, 1.807) is 36.4 Å². The highest BCUT2D eigenvalue weighted by atomic mass is 19.1. The molecule has 0 aromatic heterocycles. The number of halogens is 1. The maximum Gasteiger partial charge on any atom is 0.123 e. The van der Waals surface area contributed by atoms with Crippen LogP contribution in [-0.4, -0.2) is 5.84 Å². The van der Waals surface area contributed by atoms with Gasteiger partial charge in [0.05, 0.1) is 0 Å². The van der Waals surface area contributed by atoms with Crippen LogP contribution in [0.25, 0.3) is 0 Å². The average molecular weight is 244 g/mol. The molecule has 4 heteroatoms. The van der Waals surface area contributed by atoms with Crippen LogP contribution in [0, 0.1) is 11.2 Å². The Morgan fingerprint density at radius 3 is 2.22 bits per heavy atom. The summed E-state index contributed by atoms with van der Waals surface area (Å²) >= 11 is 0. The van der Waals surface area contributed by atoms with Crippen molar-refractivity contribution in [1.29, 1.82) is 5.41 Å². The number of amidine groups is 1. The number of benzene rings is 2. The Balaban J connectivity index is 1.97. The lowest BCUT2D eigenvalue weighted by Gasteiger charge is -2.07. The minimum Gasteiger partial charge on any atom is -0.489 e. The summed E-state index contributed by atoms with van der Waals surface area (Å²) in [7, 11) is 0. The van der Waals surface area contributed by atoms with E-state index in [1.165, 1.54) is 12.1 Å². The molecular formula is C14H13FN2O. The van der Waals surface area contributed by atoms with Crippen molar-refractivity contribution in [2.45, 2.75) is 6.61 Å².